The highest BCUT2D eigenvalue weighted by Gasteiger charge is 2.16. The lowest BCUT2D eigenvalue weighted by molar-refractivity contribution is 0.302. The summed E-state index contributed by atoms with van der Waals surface area (Å²) >= 11 is 7.07. The Hall–Kier alpha value is -0.850. The van der Waals surface area contributed by atoms with Crippen molar-refractivity contribution >= 4 is 45.9 Å². The molecule has 0 spiro atoms. The van der Waals surface area contributed by atoms with Gasteiger partial charge in [0.15, 0.2) is 11.5 Å². The Morgan fingerprint density at radius 2 is 2.24 bits per heavy atom. The van der Waals surface area contributed by atoms with Crippen LogP contribution >= 0.6 is 30.5 Å². The van der Waals surface area contributed by atoms with E-state index in [0.717, 1.165) is 0 Å². The molecule has 92 valence electrons. The second-order valence-electron chi connectivity index (χ2n) is 3.24. The van der Waals surface area contributed by atoms with Gasteiger partial charge in [-0.3, -0.25) is 4.57 Å². The minimum absolute atomic E-state index is 0.212. The molecule has 0 fully saturated rings. The maximum absolute atomic E-state index is 10.7. The van der Waals surface area contributed by atoms with Crippen LogP contribution in [-0.4, -0.2) is 21.1 Å². The van der Waals surface area contributed by atoms with Crippen molar-refractivity contribution in [1.29, 1.82) is 0 Å². The summed E-state index contributed by atoms with van der Waals surface area (Å²) in [5.41, 5.74) is 6.00. The average molecular weight is 295 g/mol. The predicted octanol–water partition coefficient (Wildman–Crippen LogP) is 2.05. The molecule has 0 saturated carbocycles. The molecule has 6 nitrogen and oxygen atoms in total. The van der Waals surface area contributed by atoms with Crippen molar-refractivity contribution in [1.82, 2.24) is 4.98 Å². The van der Waals surface area contributed by atoms with Crippen LogP contribution in [0.4, 0.5) is 5.13 Å². The normalized spacial score (nSPS) is 11.9. The Balaban J connectivity index is 2.41. The van der Waals surface area contributed by atoms with Crippen LogP contribution < -0.4 is 10.5 Å². The van der Waals surface area contributed by atoms with Gasteiger partial charge in [0, 0.05) is 11.1 Å². The molecular weight excluding hydrogens is 287 g/mol. The van der Waals surface area contributed by atoms with Crippen LogP contribution in [-0.2, 0) is 4.57 Å². The van der Waals surface area contributed by atoms with Crippen molar-refractivity contribution in [3.8, 4) is 5.75 Å². The lowest BCUT2D eigenvalue weighted by Gasteiger charge is -2.08. The minimum atomic E-state index is -4.24. The van der Waals surface area contributed by atoms with Gasteiger partial charge >= 0.3 is 7.60 Å². The number of hydrogen-bond donors (Lipinski definition) is 3. The molecule has 1 aromatic carbocycles. The second kappa shape index (κ2) is 4.44. The van der Waals surface area contributed by atoms with Gasteiger partial charge in [-0.1, -0.05) is 22.9 Å². The zero-order chi connectivity index (χ0) is 12.6. The van der Waals surface area contributed by atoms with E-state index in [2.05, 4.69) is 4.98 Å². The molecule has 1 aromatic heterocycles. The molecule has 0 amide bonds. The average Bonchev–Trinajstić information content (AvgIpc) is 2.53. The lowest BCUT2D eigenvalue weighted by atomic mass is 10.3. The Kier molecular flexibility index (Phi) is 3.29. The summed E-state index contributed by atoms with van der Waals surface area (Å²) in [4.78, 5) is 21.5. The van der Waals surface area contributed by atoms with Crippen molar-refractivity contribution in [3.63, 3.8) is 0 Å². The number of ether oxygens (including phenoxy) is 1. The highest BCUT2D eigenvalue weighted by atomic mass is 35.5. The van der Waals surface area contributed by atoms with Gasteiger partial charge < -0.3 is 20.3 Å². The van der Waals surface area contributed by atoms with Crippen LogP contribution in [0.15, 0.2) is 12.1 Å². The van der Waals surface area contributed by atoms with Crippen LogP contribution in [0.5, 0.6) is 5.75 Å². The number of nitrogen functional groups attached to an aromatic ring is 1. The summed E-state index contributed by atoms with van der Waals surface area (Å²) in [6, 6.07) is 3.11. The van der Waals surface area contributed by atoms with Crippen molar-refractivity contribution in [2.24, 2.45) is 0 Å². The van der Waals surface area contributed by atoms with Crippen molar-refractivity contribution < 1.29 is 19.1 Å². The van der Waals surface area contributed by atoms with Crippen LogP contribution in [0.3, 0.4) is 0 Å². The number of nitrogens with zero attached hydrogens (tertiary/aromatic N) is 1. The molecule has 0 bridgehead atoms. The fourth-order valence-corrected chi connectivity index (χ4v) is 2.62. The maximum atomic E-state index is 10.7. The summed E-state index contributed by atoms with van der Waals surface area (Å²) in [7, 11) is -4.24. The molecule has 17 heavy (non-hydrogen) atoms. The van der Waals surface area contributed by atoms with E-state index in [4.69, 9.17) is 31.9 Å². The minimum Gasteiger partial charge on any atom is -0.479 e. The van der Waals surface area contributed by atoms with Gasteiger partial charge in [0.2, 0.25) is 0 Å². The third-order valence-electron chi connectivity index (χ3n) is 1.83. The monoisotopic (exact) mass is 294 g/mol. The molecule has 0 aliphatic rings. The highest BCUT2D eigenvalue weighted by Crippen LogP contribution is 2.38. The van der Waals surface area contributed by atoms with Gasteiger partial charge in [-0.05, 0) is 6.07 Å². The quantitative estimate of drug-likeness (QED) is 0.748. The molecule has 2 rings (SSSR count). The molecule has 0 unspecified atom stereocenters. The summed E-state index contributed by atoms with van der Waals surface area (Å²) in [6.45, 7) is 0. The number of fused-ring (bicyclic) bond motifs is 1. The molecular formula is C8H8ClN2O4PS. The van der Waals surface area contributed by atoms with Gasteiger partial charge in [-0.25, -0.2) is 4.98 Å². The first-order chi connectivity index (χ1) is 7.85. The molecule has 0 aliphatic carbocycles. The number of thiazole rings is 1. The van der Waals surface area contributed by atoms with Gasteiger partial charge in [0.1, 0.15) is 11.3 Å². The zero-order valence-electron chi connectivity index (χ0n) is 8.33. The van der Waals surface area contributed by atoms with E-state index in [1.54, 1.807) is 6.07 Å². The van der Waals surface area contributed by atoms with Gasteiger partial charge in [0.05, 0.1) is 4.70 Å². The Bertz CT molecular complexity index is 611. The number of halogens is 1. The van der Waals surface area contributed by atoms with E-state index in [1.165, 1.54) is 17.4 Å². The number of benzene rings is 1. The number of aromatic nitrogens is 1. The lowest BCUT2D eigenvalue weighted by Crippen LogP contribution is -1.98. The summed E-state index contributed by atoms with van der Waals surface area (Å²) in [6.07, 6.45) is -0.722. The highest BCUT2D eigenvalue weighted by molar-refractivity contribution is 7.51. The van der Waals surface area contributed by atoms with Crippen LogP contribution in [0, 0.1) is 0 Å². The van der Waals surface area contributed by atoms with Crippen molar-refractivity contribution in [2.45, 2.75) is 0 Å². The van der Waals surface area contributed by atoms with E-state index in [1.807, 2.05) is 0 Å². The molecule has 2 aromatic rings. The number of rotatable bonds is 3. The predicted molar refractivity (Wildman–Crippen MR) is 66.6 cm³/mol. The maximum Gasteiger partial charge on any atom is 0.362 e. The topological polar surface area (TPSA) is 106 Å². The SMILES string of the molecule is Nc1nc2c(OCP(=O)(O)O)cc(Cl)cc2s1. The Morgan fingerprint density at radius 1 is 1.53 bits per heavy atom. The Labute approximate surface area is 105 Å². The van der Waals surface area contributed by atoms with E-state index in [9.17, 15) is 4.57 Å². The fraction of sp³-hybridized carbons (Fsp3) is 0.125. The molecule has 4 N–H and O–H groups in total. The second-order valence-corrected chi connectivity index (χ2v) is 6.33. The number of anilines is 1. The first-order valence-corrected chi connectivity index (χ1v) is 7.37. The number of nitrogens with two attached hydrogens (primary N) is 1. The Morgan fingerprint density at radius 3 is 2.88 bits per heavy atom. The van der Waals surface area contributed by atoms with Crippen LogP contribution in [0.2, 0.25) is 5.02 Å². The smallest absolute Gasteiger partial charge is 0.362 e. The largest absolute Gasteiger partial charge is 0.479 e. The third kappa shape index (κ3) is 3.08. The van der Waals surface area contributed by atoms with E-state index < -0.39 is 13.9 Å². The van der Waals surface area contributed by atoms with Gasteiger partial charge in [-0.2, -0.15) is 0 Å². The first kappa shape index (κ1) is 12.6. The molecule has 0 saturated heterocycles. The third-order valence-corrected chi connectivity index (χ3v) is 3.34. The van der Waals surface area contributed by atoms with Gasteiger partial charge in [-0.15, -0.1) is 0 Å². The molecule has 0 aliphatic heterocycles. The van der Waals surface area contributed by atoms with Crippen LogP contribution in [0.25, 0.3) is 10.2 Å². The number of hydrogen-bond acceptors (Lipinski definition) is 5. The fourth-order valence-electron chi connectivity index (χ4n) is 1.25. The van der Waals surface area contributed by atoms with Crippen LogP contribution in [0.1, 0.15) is 0 Å². The van der Waals surface area contributed by atoms with Crippen molar-refractivity contribution in [3.05, 3.63) is 17.2 Å². The van der Waals surface area contributed by atoms with Gasteiger partial charge in [0.25, 0.3) is 0 Å². The van der Waals surface area contributed by atoms with E-state index >= 15 is 0 Å². The van der Waals surface area contributed by atoms with E-state index in [-0.39, 0.29) is 5.75 Å². The summed E-state index contributed by atoms with van der Waals surface area (Å²) in [5.74, 6) is 0.212. The molecule has 9 heteroatoms. The zero-order valence-corrected chi connectivity index (χ0v) is 10.8. The van der Waals surface area contributed by atoms with Crippen molar-refractivity contribution in [2.75, 3.05) is 12.1 Å². The molecule has 1 heterocycles. The standard InChI is InChI=1S/C8H8ClN2O4PS/c9-4-1-5(15-3-16(12,13)14)7-6(2-4)17-8(10)11-7/h1-2H,3H2,(H2,10,11)(H2,12,13,14). The first-order valence-electron chi connectivity index (χ1n) is 4.38. The summed E-state index contributed by atoms with van der Waals surface area (Å²) < 4.78 is 16.4. The molecule has 0 atom stereocenters. The molecule has 0 radical (unpaired) electrons. The van der Waals surface area contributed by atoms with E-state index in [0.29, 0.717) is 20.4 Å². The summed E-state index contributed by atoms with van der Waals surface area (Å²) in [5, 5.41) is 0.727.